The lowest BCUT2D eigenvalue weighted by molar-refractivity contribution is -0.132. The van der Waals surface area contributed by atoms with E-state index in [1.165, 1.54) is 0 Å². The van der Waals surface area contributed by atoms with Crippen molar-refractivity contribution in [1.29, 1.82) is 0 Å². The summed E-state index contributed by atoms with van der Waals surface area (Å²) in [6.07, 6.45) is 1.75. The van der Waals surface area contributed by atoms with Gasteiger partial charge < -0.3 is 19.7 Å². The number of amides is 1. The van der Waals surface area contributed by atoms with Gasteiger partial charge in [0.15, 0.2) is 11.5 Å². The predicted molar refractivity (Wildman–Crippen MR) is 79.2 cm³/mol. The number of hydrogen-bond donors (Lipinski definition) is 1. The van der Waals surface area contributed by atoms with Crippen LogP contribution < -0.4 is 14.8 Å². The fraction of sp³-hybridized carbons (Fsp3) is 0.562. The number of benzene rings is 1. The van der Waals surface area contributed by atoms with Crippen molar-refractivity contribution in [3.05, 3.63) is 23.8 Å². The summed E-state index contributed by atoms with van der Waals surface area (Å²) in [6.45, 7) is 5.67. The zero-order valence-corrected chi connectivity index (χ0v) is 12.4. The highest BCUT2D eigenvalue weighted by Crippen LogP contribution is 2.32. The largest absolute Gasteiger partial charge is 0.454 e. The van der Waals surface area contributed by atoms with Gasteiger partial charge in [0.1, 0.15) is 0 Å². The van der Waals surface area contributed by atoms with Crippen molar-refractivity contribution in [2.24, 2.45) is 5.92 Å². The fourth-order valence-corrected chi connectivity index (χ4v) is 2.90. The van der Waals surface area contributed by atoms with Crippen molar-refractivity contribution >= 4 is 5.91 Å². The van der Waals surface area contributed by atoms with Crippen LogP contribution in [0.1, 0.15) is 25.3 Å². The highest BCUT2D eigenvalue weighted by atomic mass is 16.7. The van der Waals surface area contributed by atoms with Crippen LogP contribution >= 0.6 is 0 Å². The minimum absolute atomic E-state index is 0.240. The first kappa shape index (κ1) is 14.2. The summed E-state index contributed by atoms with van der Waals surface area (Å²) < 4.78 is 10.7. The Hall–Kier alpha value is -1.75. The maximum Gasteiger partial charge on any atom is 0.231 e. The van der Waals surface area contributed by atoms with Gasteiger partial charge in [0.2, 0.25) is 12.7 Å². The molecule has 1 N–H and O–H groups in total. The van der Waals surface area contributed by atoms with Gasteiger partial charge in [-0.15, -0.1) is 0 Å². The van der Waals surface area contributed by atoms with Gasteiger partial charge in [0.05, 0.1) is 0 Å². The molecule has 0 unspecified atom stereocenters. The third-order valence-corrected chi connectivity index (χ3v) is 4.17. The van der Waals surface area contributed by atoms with E-state index in [0.717, 1.165) is 43.1 Å². The van der Waals surface area contributed by atoms with Crippen molar-refractivity contribution in [3.63, 3.8) is 0 Å². The Morgan fingerprint density at radius 2 is 2.24 bits per heavy atom. The Bertz CT molecular complexity index is 512. The van der Waals surface area contributed by atoms with E-state index in [1.54, 1.807) is 0 Å². The van der Waals surface area contributed by atoms with Crippen LogP contribution in [0.3, 0.4) is 0 Å². The highest BCUT2D eigenvalue weighted by Gasteiger charge is 2.22. The molecule has 21 heavy (non-hydrogen) atoms. The molecule has 1 saturated heterocycles. The molecule has 2 heterocycles. The molecule has 0 aliphatic carbocycles. The first-order valence-corrected chi connectivity index (χ1v) is 7.63. The van der Waals surface area contributed by atoms with Gasteiger partial charge in [-0.25, -0.2) is 0 Å². The third kappa shape index (κ3) is 3.29. The van der Waals surface area contributed by atoms with Crippen molar-refractivity contribution < 1.29 is 14.3 Å². The molecule has 0 bridgehead atoms. The molecular formula is C16H22N2O3. The van der Waals surface area contributed by atoms with Crippen LogP contribution in [0.2, 0.25) is 0 Å². The monoisotopic (exact) mass is 290 g/mol. The normalized spacial score (nSPS) is 19.8. The van der Waals surface area contributed by atoms with Crippen molar-refractivity contribution in [1.82, 2.24) is 10.2 Å². The third-order valence-electron chi connectivity index (χ3n) is 4.17. The van der Waals surface area contributed by atoms with Crippen LogP contribution in [0.4, 0.5) is 0 Å². The van der Waals surface area contributed by atoms with E-state index in [9.17, 15) is 4.79 Å². The summed E-state index contributed by atoms with van der Waals surface area (Å²) in [4.78, 5) is 14.3. The van der Waals surface area contributed by atoms with Crippen LogP contribution in [0.15, 0.2) is 18.2 Å². The molecule has 5 heteroatoms. The second-order valence-corrected chi connectivity index (χ2v) is 5.66. The minimum atomic E-state index is 0.240. The molecule has 114 valence electrons. The number of carbonyl (C=O) groups is 1. The number of fused-ring (bicyclic) bond motifs is 1. The summed E-state index contributed by atoms with van der Waals surface area (Å²) in [5.41, 5.74) is 1.08. The van der Waals surface area contributed by atoms with E-state index in [-0.39, 0.29) is 12.7 Å². The molecule has 3 rings (SSSR count). The molecule has 5 nitrogen and oxygen atoms in total. The van der Waals surface area contributed by atoms with Gasteiger partial charge in [-0.2, -0.15) is 0 Å². The summed E-state index contributed by atoms with van der Waals surface area (Å²) in [5, 5.41) is 3.31. The van der Waals surface area contributed by atoms with Gasteiger partial charge in [0.25, 0.3) is 0 Å². The van der Waals surface area contributed by atoms with Gasteiger partial charge in [0, 0.05) is 19.5 Å². The van der Waals surface area contributed by atoms with Crippen molar-refractivity contribution in [2.75, 3.05) is 26.4 Å². The highest BCUT2D eigenvalue weighted by molar-refractivity contribution is 5.76. The lowest BCUT2D eigenvalue weighted by Gasteiger charge is -2.22. The van der Waals surface area contributed by atoms with Crippen LogP contribution in [-0.4, -0.2) is 37.2 Å². The minimum Gasteiger partial charge on any atom is -0.454 e. The molecule has 1 amide bonds. The Morgan fingerprint density at radius 1 is 1.38 bits per heavy atom. The Kier molecular flexibility index (Phi) is 4.29. The van der Waals surface area contributed by atoms with Gasteiger partial charge in [-0.05, 0) is 50.0 Å². The molecule has 1 aromatic rings. The average molecular weight is 290 g/mol. The average Bonchev–Trinajstić information content (AvgIpc) is 3.14. The van der Waals surface area contributed by atoms with Gasteiger partial charge in [-0.1, -0.05) is 6.07 Å². The quantitative estimate of drug-likeness (QED) is 0.898. The lowest BCUT2D eigenvalue weighted by Crippen LogP contribution is -2.32. The van der Waals surface area contributed by atoms with Crippen molar-refractivity contribution in [3.8, 4) is 11.5 Å². The van der Waals surface area contributed by atoms with E-state index in [0.29, 0.717) is 18.9 Å². The molecule has 2 aliphatic rings. The lowest BCUT2D eigenvalue weighted by atomic mass is 10.0. The Balaban J connectivity index is 1.62. The van der Waals surface area contributed by atoms with Crippen LogP contribution in [-0.2, 0) is 11.3 Å². The molecule has 1 fully saturated rings. The number of nitrogens with one attached hydrogen (secondary N) is 1. The molecule has 1 atom stereocenters. The molecule has 0 radical (unpaired) electrons. The molecule has 0 aromatic heterocycles. The second-order valence-electron chi connectivity index (χ2n) is 5.66. The van der Waals surface area contributed by atoms with Crippen LogP contribution in [0, 0.1) is 5.92 Å². The fourth-order valence-electron chi connectivity index (χ4n) is 2.90. The standard InChI is InChI=1S/C16H22N2O3/c1-2-18(16(19)8-12-5-6-17-9-12)10-13-3-4-14-15(7-13)21-11-20-14/h3-4,7,12,17H,2,5-6,8-11H2,1H3/t12-/m0/s1. The first-order valence-electron chi connectivity index (χ1n) is 7.63. The Labute approximate surface area is 125 Å². The molecule has 0 saturated carbocycles. The van der Waals surface area contributed by atoms with Crippen LogP contribution in [0.5, 0.6) is 11.5 Å². The zero-order valence-electron chi connectivity index (χ0n) is 12.4. The van der Waals surface area contributed by atoms with E-state index in [2.05, 4.69) is 5.32 Å². The van der Waals surface area contributed by atoms with Gasteiger partial charge in [-0.3, -0.25) is 4.79 Å². The first-order chi connectivity index (χ1) is 10.3. The van der Waals surface area contributed by atoms with E-state index in [4.69, 9.17) is 9.47 Å². The molecule has 1 aromatic carbocycles. The maximum atomic E-state index is 12.4. The molecule has 2 aliphatic heterocycles. The van der Waals surface area contributed by atoms with E-state index in [1.807, 2.05) is 30.0 Å². The van der Waals surface area contributed by atoms with Crippen molar-refractivity contribution in [2.45, 2.75) is 26.3 Å². The second kappa shape index (κ2) is 6.35. The Morgan fingerprint density at radius 3 is 3.00 bits per heavy atom. The summed E-state index contributed by atoms with van der Waals surface area (Å²) >= 11 is 0. The smallest absolute Gasteiger partial charge is 0.231 e. The predicted octanol–water partition coefficient (Wildman–Crippen LogP) is 1.76. The summed E-state index contributed by atoms with van der Waals surface area (Å²) in [5.74, 6) is 2.29. The number of nitrogens with zero attached hydrogens (tertiary/aromatic N) is 1. The zero-order chi connectivity index (χ0) is 14.7. The van der Waals surface area contributed by atoms with Crippen LogP contribution in [0.25, 0.3) is 0 Å². The number of ether oxygens (including phenoxy) is 2. The maximum absolute atomic E-state index is 12.4. The van der Waals surface area contributed by atoms with E-state index < -0.39 is 0 Å². The topological polar surface area (TPSA) is 50.8 Å². The number of rotatable bonds is 5. The number of carbonyl (C=O) groups excluding carboxylic acids is 1. The van der Waals surface area contributed by atoms with Gasteiger partial charge >= 0.3 is 0 Å². The SMILES string of the molecule is CCN(Cc1ccc2c(c1)OCO2)C(=O)C[C@@H]1CCNC1. The summed E-state index contributed by atoms with van der Waals surface area (Å²) in [6, 6.07) is 5.88. The molecule has 0 spiro atoms. The van der Waals surface area contributed by atoms with E-state index >= 15 is 0 Å². The molecular weight excluding hydrogens is 268 g/mol. The summed E-state index contributed by atoms with van der Waals surface area (Å²) in [7, 11) is 0. The number of hydrogen-bond acceptors (Lipinski definition) is 4.